The Morgan fingerprint density at radius 1 is 1.19 bits per heavy atom. The second-order valence-corrected chi connectivity index (χ2v) is 9.42. The lowest BCUT2D eigenvalue weighted by atomic mass is 9.85. The van der Waals surface area contributed by atoms with Crippen LogP contribution in [0.5, 0.6) is 0 Å². The van der Waals surface area contributed by atoms with Crippen LogP contribution in [0.25, 0.3) is 5.52 Å². The lowest BCUT2D eigenvalue weighted by Crippen LogP contribution is -2.43. The van der Waals surface area contributed by atoms with Crippen LogP contribution in [-0.4, -0.2) is 40.7 Å². The van der Waals surface area contributed by atoms with Crippen LogP contribution in [0.1, 0.15) is 33.6 Å². The first-order valence-corrected chi connectivity index (χ1v) is 12.2. The van der Waals surface area contributed by atoms with Gasteiger partial charge in [-0.2, -0.15) is 38.1 Å². The molecule has 13 heteroatoms. The molecule has 192 valence electrons. The van der Waals surface area contributed by atoms with Crippen molar-refractivity contribution in [2.75, 3.05) is 18.6 Å². The van der Waals surface area contributed by atoms with Gasteiger partial charge in [-0.05, 0) is 48.7 Å². The van der Waals surface area contributed by atoms with Gasteiger partial charge in [0, 0.05) is 34.6 Å². The van der Waals surface area contributed by atoms with Gasteiger partial charge in [0.25, 0.3) is 11.5 Å². The smallest absolute Gasteiger partial charge is 0.374 e. The maximum absolute atomic E-state index is 14.3. The quantitative estimate of drug-likeness (QED) is 0.291. The first kappa shape index (κ1) is 26.2. The molecule has 5 nitrogen and oxygen atoms in total. The third-order valence-electron chi connectivity index (χ3n) is 5.70. The van der Waals surface area contributed by atoms with E-state index in [2.05, 4.69) is 10.5 Å². The molecule has 1 N–H and O–H groups in total. The molecule has 0 spiro atoms. The molecule has 1 aliphatic rings. The van der Waals surface area contributed by atoms with Gasteiger partial charge in [-0.3, -0.25) is 4.79 Å². The minimum atomic E-state index is -5.12. The van der Waals surface area contributed by atoms with E-state index in [0.29, 0.717) is 29.9 Å². The maximum Gasteiger partial charge on any atom is 0.435 e. The van der Waals surface area contributed by atoms with E-state index in [-0.39, 0.29) is 22.9 Å². The topological polar surface area (TPSA) is 55.1 Å². The first-order valence-electron chi connectivity index (χ1n) is 10.4. The number of nitrogens with zero attached hydrogens (tertiary/aromatic N) is 2. The molecule has 1 aromatic carbocycles. The average Bonchev–Trinajstić information content (AvgIpc) is 3.46. The molecule has 0 saturated heterocycles. The molecule has 1 unspecified atom stereocenters. The van der Waals surface area contributed by atoms with Gasteiger partial charge >= 0.3 is 12.4 Å². The standard InChI is InChI=1S/C23H18ClF6N3O2S/c1-36-8-6-31-20(34)19-5-4-16(18-3-2-7-33(18)19)17-12-21(35-32-17,23(28,29)30)13-9-14(22(25,26)27)11-15(24)10-13/h2-5,7,9-11H,6,8,12H2,1H3,(H,31,34). The Balaban J connectivity index is 1.73. The summed E-state index contributed by atoms with van der Waals surface area (Å²) < 4.78 is 84.4. The van der Waals surface area contributed by atoms with Gasteiger partial charge in [0.15, 0.2) is 0 Å². The van der Waals surface area contributed by atoms with Crippen LogP contribution in [0, 0.1) is 0 Å². The molecule has 36 heavy (non-hydrogen) atoms. The van der Waals surface area contributed by atoms with E-state index in [0.717, 1.165) is 6.07 Å². The molecule has 3 heterocycles. The zero-order chi connectivity index (χ0) is 26.3. The Labute approximate surface area is 210 Å². The molecule has 1 atom stereocenters. The number of thioether (sulfide) groups is 1. The zero-order valence-electron chi connectivity index (χ0n) is 18.5. The van der Waals surface area contributed by atoms with Gasteiger partial charge in [-0.25, -0.2) is 0 Å². The van der Waals surface area contributed by atoms with Gasteiger partial charge in [0.05, 0.1) is 23.2 Å². The summed E-state index contributed by atoms with van der Waals surface area (Å²) in [5.41, 5.74) is -4.59. The number of halogens is 7. The van der Waals surface area contributed by atoms with Crippen molar-refractivity contribution >= 4 is 40.5 Å². The number of hydrogen-bond donors (Lipinski definition) is 1. The maximum atomic E-state index is 14.3. The van der Waals surface area contributed by atoms with E-state index < -0.39 is 40.5 Å². The SMILES string of the molecule is CSCCNC(=O)c1ccc(C2=NOC(c3cc(Cl)cc(C(F)(F)F)c3)(C(F)(F)F)C2)c2cccn12. The van der Waals surface area contributed by atoms with Crippen molar-refractivity contribution in [3.05, 3.63) is 76.1 Å². The molecular formula is C23H18ClF6N3O2S. The minimum Gasteiger partial charge on any atom is -0.374 e. The Bertz CT molecular complexity index is 1340. The van der Waals surface area contributed by atoms with E-state index >= 15 is 0 Å². The Morgan fingerprint density at radius 2 is 1.94 bits per heavy atom. The molecule has 1 aliphatic heterocycles. The molecule has 3 aromatic rings. The normalized spacial score (nSPS) is 18.3. The summed E-state index contributed by atoms with van der Waals surface area (Å²) in [6.45, 7) is 0.429. The van der Waals surface area contributed by atoms with Crippen molar-refractivity contribution in [2.24, 2.45) is 5.16 Å². The van der Waals surface area contributed by atoms with Crippen LogP contribution in [0.2, 0.25) is 5.02 Å². The third kappa shape index (κ3) is 4.75. The number of fused-ring (bicyclic) bond motifs is 1. The highest BCUT2D eigenvalue weighted by Gasteiger charge is 2.62. The van der Waals surface area contributed by atoms with E-state index in [9.17, 15) is 31.1 Å². The van der Waals surface area contributed by atoms with Crippen LogP contribution >= 0.6 is 23.4 Å². The van der Waals surface area contributed by atoms with Crippen LogP contribution in [-0.2, 0) is 16.6 Å². The van der Waals surface area contributed by atoms with Crippen molar-refractivity contribution in [1.82, 2.24) is 9.72 Å². The second kappa shape index (κ2) is 9.55. The van der Waals surface area contributed by atoms with Gasteiger partial charge in [0.2, 0.25) is 0 Å². The van der Waals surface area contributed by atoms with Gasteiger partial charge in [-0.1, -0.05) is 16.8 Å². The molecule has 0 saturated carbocycles. The highest BCUT2D eigenvalue weighted by Crippen LogP contribution is 2.50. The summed E-state index contributed by atoms with van der Waals surface area (Å²) in [4.78, 5) is 17.5. The lowest BCUT2D eigenvalue weighted by Gasteiger charge is -2.30. The average molecular weight is 550 g/mol. The van der Waals surface area contributed by atoms with Crippen molar-refractivity contribution in [3.63, 3.8) is 0 Å². The number of aromatic nitrogens is 1. The highest BCUT2D eigenvalue weighted by molar-refractivity contribution is 7.98. The van der Waals surface area contributed by atoms with E-state index in [1.165, 1.54) is 16.5 Å². The predicted molar refractivity (Wildman–Crippen MR) is 125 cm³/mol. The van der Waals surface area contributed by atoms with E-state index in [1.54, 1.807) is 30.1 Å². The van der Waals surface area contributed by atoms with E-state index in [1.807, 2.05) is 6.26 Å². The van der Waals surface area contributed by atoms with Gasteiger partial charge in [0.1, 0.15) is 5.69 Å². The van der Waals surface area contributed by atoms with Gasteiger partial charge in [-0.15, -0.1) is 0 Å². The van der Waals surface area contributed by atoms with Crippen LogP contribution in [0.3, 0.4) is 0 Å². The number of oxime groups is 1. The Morgan fingerprint density at radius 3 is 2.61 bits per heavy atom. The van der Waals surface area contributed by atoms with Crippen molar-refractivity contribution in [2.45, 2.75) is 24.4 Å². The van der Waals surface area contributed by atoms with Crippen LogP contribution in [0.4, 0.5) is 26.3 Å². The number of rotatable bonds is 6. The molecule has 4 rings (SSSR count). The number of amides is 1. The molecule has 1 amide bonds. The number of hydrogen-bond acceptors (Lipinski definition) is 4. The number of nitrogens with one attached hydrogen (secondary N) is 1. The van der Waals surface area contributed by atoms with Crippen molar-refractivity contribution in [1.29, 1.82) is 0 Å². The largest absolute Gasteiger partial charge is 0.435 e. The minimum absolute atomic E-state index is 0.140. The summed E-state index contributed by atoms with van der Waals surface area (Å²) in [6.07, 6.45) is -7.47. The third-order valence-corrected chi connectivity index (χ3v) is 6.54. The molecule has 0 fully saturated rings. The number of carbonyl (C=O) groups excluding carboxylic acids is 1. The number of carbonyl (C=O) groups is 1. The monoisotopic (exact) mass is 549 g/mol. The Kier molecular flexibility index (Phi) is 6.95. The fourth-order valence-electron chi connectivity index (χ4n) is 3.96. The summed E-state index contributed by atoms with van der Waals surface area (Å²) in [7, 11) is 0. The van der Waals surface area contributed by atoms with Crippen molar-refractivity contribution in [3.8, 4) is 0 Å². The second-order valence-electron chi connectivity index (χ2n) is 8.00. The molecular weight excluding hydrogens is 532 g/mol. The molecule has 2 aromatic heterocycles. The summed E-state index contributed by atoms with van der Waals surface area (Å²) in [5.74, 6) is 0.330. The van der Waals surface area contributed by atoms with Crippen LogP contribution < -0.4 is 5.32 Å². The fraction of sp³-hybridized carbons (Fsp3) is 0.304. The predicted octanol–water partition coefficient (Wildman–Crippen LogP) is 6.29. The summed E-state index contributed by atoms with van der Waals surface area (Å²) >= 11 is 7.31. The number of alkyl halides is 6. The highest BCUT2D eigenvalue weighted by atomic mass is 35.5. The van der Waals surface area contributed by atoms with Gasteiger partial charge < -0.3 is 14.6 Å². The Hall–Kier alpha value is -2.86. The number of benzene rings is 1. The summed E-state index contributed by atoms with van der Waals surface area (Å²) in [6, 6.07) is 7.77. The number of pyridine rings is 1. The first-order chi connectivity index (χ1) is 16.9. The fourth-order valence-corrected chi connectivity index (χ4v) is 4.50. The molecule has 0 aliphatic carbocycles. The van der Waals surface area contributed by atoms with Crippen LogP contribution in [0.15, 0.2) is 53.8 Å². The lowest BCUT2D eigenvalue weighted by molar-refractivity contribution is -0.276. The summed E-state index contributed by atoms with van der Waals surface area (Å²) in [5, 5.41) is 5.88. The zero-order valence-corrected chi connectivity index (χ0v) is 20.1. The van der Waals surface area contributed by atoms with E-state index in [4.69, 9.17) is 16.4 Å². The van der Waals surface area contributed by atoms with Crippen molar-refractivity contribution < 1.29 is 36.0 Å². The molecule has 0 bridgehead atoms. The molecule has 0 radical (unpaired) electrons.